The SMILES string of the molecule is Clc1ccc(C#CCCCCCCCBr)cc1. The van der Waals surface area contributed by atoms with Crippen molar-refractivity contribution < 1.29 is 0 Å². The number of benzene rings is 1. The molecule has 0 radical (unpaired) electrons. The third-order valence-electron chi connectivity index (χ3n) is 2.51. The lowest BCUT2D eigenvalue weighted by atomic mass is 10.1. The highest BCUT2D eigenvalue weighted by Crippen LogP contribution is 2.09. The molecule has 1 aromatic rings. The van der Waals surface area contributed by atoms with E-state index in [1.807, 2.05) is 24.3 Å². The molecule has 0 saturated carbocycles. The standard InChI is InChI=1S/C15H18BrCl/c16-13-7-5-3-1-2-4-6-8-14-9-11-15(17)12-10-14/h9-12H,1-5,7,13H2. The highest BCUT2D eigenvalue weighted by molar-refractivity contribution is 9.09. The van der Waals surface area contributed by atoms with E-state index in [1.54, 1.807) is 0 Å². The molecule has 17 heavy (non-hydrogen) atoms. The van der Waals surface area contributed by atoms with Gasteiger partial charge in [-0.2, -0.15) is 0 Å². The van der Waals surface area contributed by atoms with Gasteiger partial charge in [0.15, 0.2) is 0 Å². The van der Waals surface area contributed by atoms with Crippen LogP contribution in [-0.2, 0) is 0 Å². The second kappa shape index (κ2) is 9.57. The van der Waals surface area contributed by atoms with Crippen LogP contribution in [0, 0.1) is 11.8 Å². The van der Waals surface area contributed by atoms with Crippen LogP contribution in [-0.4, -0.2) is 5.33 Å². The molecule has 0 saturated heterocycles. The van der Waals surface area contributed by atoms with Crippen molar-refractivity contribution in [1.82, 2.24) is 0 Å². The van der Waals surface area contributed by atoms with E-state index in [2.05, 4.69) is 27.8 Å². The Balaban J connectivity index is 2.12. The first-order valence-corrected chi connectivity index (χ1v) is 7.63. The molecule has 0 aliphatic heterocycles. The molecule has 2 heteroatoms. The van der Waals surface area contributed by atoms with Gasteiger partial charge in [0.25, 0.3) is 0 Å². The lowest BCUT2D eigenvalue weighted by molar-refractivity contribution is 0.645. The summed E-state index contributed by atoms with van der Waals surface area (Å²) in [6.07, 6.45) is 7.45. The average molecular weight is 314 g/mol. The Morgan fingerprint density at radius 2 is 1.59 bits per heavy atom. The van der Waals surface area contributed by atoms with E-state index in [1.165, 1.54) is 32.1 Å². The summed E-state index contributed by atoms with van der Waals surface area (Å²) >= 11 is 9.25. The Labute approximate surface area is 118 Å². The molecule has 0 nitrogen and oxygen atoms in total. The van der Waals surface area contributed by atoms with Gasteiger partial charge in [0.1, 0.15) is 0 Å². The molecule has 0 fully saturated rings. The average Bonchev–Trinajstić information content (AvgIpc) is 2.35. The quantitative estimate of drug-likeness (QED) is 0.373. The molecule has 0 aromatic heterocycles. The lowest BCUT2D eigenvalue weighted by Gasteiger charge is -1.96. The highest BCUT2D eigenvalue weighted by atomic mass is 79.9. The monoisotopic (exact) mass is 312 g/mol. The van der Waals surface area contributed by atoms with Crippen LogP contribution in [0.15, 0.2) is 24.3 Å². The van der Waals surface area contributed by atoms with Crippen LogP contribution in [0.2, 0.25) is 5.02 Å². The van der Waals surface area contributed by atoms with Gasteiger partial charge < -0.3 is 0 Å². The lowest BCUT2D eigenvalue weighted by Crippen LogP contribution is -1.79. The van der Waals surface area contributed by atoms with E-state index in [9.17, 15) is 0 Å². The normalized spacial score (nSPS) is 9.76. The molecule has 0 heterocycles. The minimum Gasteiger partial charge on any atom is -0.0979 e. The molecule has 0 bridgehead atoms. The molecule has 1 rings (SSSR count). The maximum Gasteiger partial charge on any atom is 0.0406 e. The second-order valence-corrected chi connectivity index (χ2v) is 5.24. The number of halogens is 2. The Kier molecular flexibility index (Phi) is 8.22. The van der Waals surface area contributed by atoms with E-state index in [0.717, 1.165) is 22.3 Å². The topological polar surface area (TPSA) is 0 Å². The smallest absolute Gasteiger partial charge is 0.0406 e. The number of unbranched alkanes of at least 4 members (excludes halogenated alkanes) is 5. The third-order valence-corrected chi connectivity index (χ3v) is 3.33. The van der Waals surface area contributed by atoms with Crippen molar-refractivity contribution in [2.75, 3.05) is 5.33 Å². The third kappa shape index (κ3) is 7.47. The van der Waals surface area contributed by atoms with Gasteiger partial charge >= 0.3 is 0 Å². The number of hydrogen-bond acceptors (Lipinski definition) is 0. The highest BCUT2D eigenvalue weighted by Gasteiger charge is 1.89. The number of alkyl halides is 1. The van der Waals surface area contributed by atoms with Gasteiger partial charge in [-0.15, -0.1) is 0 Å². The summed E-state index contributed by atoms with van der Waals surface area (Å²) in [6.45, 7) is 0. The van der Waals surface area contributed by atoms with Crippen LogP contribution in [0.5, 0.6) is 0 Å². The molecule has 1 aromatic carbocycles. The molecule has 92 valence electrons. The molecule has 0 unspecified atom stereocenters. The minimum atomic E-state index is 0.766. The largest absolute Gasteiger partial charge is 0.0979 e. The van der Waals surface area contributed by atoms with Gasteiger partial charge in [-0.05, 0) is 37.1 Å². The number of hydrogen-bond donors (Lipinski definition) is 0. The first-order chi connectivity index (χ1) is 8.33. The van der Waals surface area contributed by atoms with E-state index in [4.69, 9.17) is 11.6 Å². The molecule has 0 aliphatic rings. The number of rotatable bonds is 6. The van der Waals surface area contributed by atoms with Crippen LogP contribution in [0.25, 0.3) is 0 Å². The van der Waals surface area contributed by atoms with Crippen LogP contribution in [0.4, 0.5) is 0 Å². The van der Waals surface area contributed by atoms with Gasteiger partial charge in [0.05, 0.1) is 0 Å². The van der Waals surface area contributed by atoms with Crippen molar-refractivity contribution in [2.24, 2.45) is 0 Å². The van der Waals surface area contributed by atoms with Crippen LogP contribution < -0.4 is 0 Å². The van der Waals surface area contributed by atoms with Crippen LogP contribution >= 0.6 is 27.5 Å². The summed E-state index contributed by atoms with van der Waals surface area (Å²) < 4.78 is 0. The van der Waals surface area contributed by atoms with Gasteiger partial charge in [0.2, 0.25) is 0 Å². The van der Waals surface area contributed by atoms with Crippen molar-refractivity contribution in [3.8, 4) is 11.8 Å². The molecule has 0 aliphatic carbocycles. The molecule has 0 spiro atoms. The zero-order valence-electron chi connectivity index (χ0n) is 10.0. The molecular weight excluding hydrogens is 296 g/mol. The maximum absolute atomic E-state index is 5.80. The Morgan fingerprint density at radius 1 is 0.941 bits per heavy atom. The van der Waals surface area contributed by atoms with Gasteiger partial charge in [0, 0.05) is 22.3 Å². The van der Waals surface area contributed by atoms with E-state index in [-0.39, 0.29) is 0 Å². The van der Waals surface area contributed by atoms with Crippen LogP contribution in [0.1, 0.15) is 44.1 Å². The predicted octanol–water partition coefficient (Wildman–Crippen LogP) is 5.43. The molecule has 0 atom stereocenters. The van der Waals surface area contributed by atoms with Gasteiger partial charge in [-0.1, -0.05) is 58.6 Å². The van der Waals surface area contributed by atoms with Gasteiger partial charge in [-0.25, -0.2) is 0 Å². The van der Waals surface area contributed by atoms with E-state index >= 15 is 0 Å². The summed E-state index contributed by atoms with van der Waals surface area (Å²) in [5, 5.41) is 1.89. The van der Waals surface area contributed by atoms with Crippen molar-refractivity contribution >= 4 is 27.5 Å². The first kappa shape index (κ1) is 14.6. The zero-order valence-corrected chi connectivity index (χ0v) is 12.4. The molecule has 0 amide bonds. The van der Waals surface area contributed by atoms with Crippen molar-refractivity contribution in [1.29, 1.82) is 0 Å². The summed E-state index contributed by atoms with van der Waals surface area (Å²) in [4.78, 5) is 0. The fraction of sp³-hybridized carbons (Fsp3) is 0.467. The van der Waals surface area contributed by atoms with Gasteiger partial charge in [-0.3, -0.25) is 0 Å². The Hall–Kier alpha value is -0.450. The fourth-order valence-electron chi connectivity index (χ4n) is 1.54. The first-order valence-electron chi connectivity index (χ1n) is 6.13. The fourth-order valence-corrected chi connectivity index (χ4v) is 2.06. The second-order valence-electron chi connectivity index (χ2n) is 4.02. The van der Waals surface area contributed by atoms with Crippen molar-refractivity contribution in [2.45, 2.75) is 38.5 Å². The molecule has 0 N–H and O–H groups in total. The Morgan fingerprint density at radius 3 is 2.29 bits per heavy atom. The van der Waals surface area contributed by atoms with E-state index in [0.29, 0.717) is 0 Å². The zero-order chi connectivity index (χ0) is 12.3. The maximum atomic E-state index is 5.80. The van der Waals surface area contributed by atoms with E-state index < -0.39 is 0 Å². The van der Waals surface area contributed by atoms with Crippen molar-refractivity contribution in [3.05, 3.63) is 34.9 Å². The summed E-state index contributed by atoms with van der Waals surface area (Å²) in [6, 6.07) is 7.69. The van der Waals surface area contributed by atoms with Crippen molar-refractivity contribution in [3.63, 3.8) is 0 Å². The molecular formula is C15H18BrCl. The summed E-state index contributed by atoms with van der Waals surface area (Å²) in [5.74, 6) is 6.37. The minimum absolute atomic E-state index is 0.766. The summed E-state index contributed by atoms with van der Waals surface area (Å²) in [5.41, 5.74) is 1.05. The summed E-state index contributed by atoms with van der Waals surface area (Å²) in [7, 11) is 0. The van der Waals surface area contributed by atoms with Crippen LogP contribution in [0.3, 0.4) is 0 Å². The predicted molar refractivity (Wildman–Crippen MR) is 79.8 cm³/mol. The Bertz CT molecular complexity index is 359.